The molecule has 0 heterocycles. The zero-order valence-corrected chi connectivity index (χ0v) is 8.54. The molecule has 0 aromatic carbocycles. The Balaban J connectivity index is 2.42. The maximum Gasteiger partial charge on any atom is 0.328 e. The van der Waals surface area contributed by atoms with E-state index >= 15 is 0 Å². The average molecular weight is 194 g/mol. The van der Waals surface area contributed by atoms with Gasteiger partial charge < -0.3 is 5.11 Å². The predicted molar refractivity (Wildman–Crippen MR) is 57.2 cm³/mol. The molecular formula is C12H18O2. The van der Waals surface area contributed by atoms with Crippen LogP contribution >= 0.6 is 0 Å². The van der Waals surface area contributed by atoms with E-state index in [1.54, 1.807) is 6.08 Å². The summed E-state index contributed by atoms with van der Waals surface area (Å²) in [6.45, 7) is 0. The molecule has 0 radical (unpaired) electrons. The smallest absolute Gasteiger partial charge is 0.328 e. The predicted octanol–water partition coefficient (Wildman–Crippen LogP) is 3.30. The Hall–Kier alpha value is -1.05. The van der Waals surface area contributed by atoms with Gasteiger partial charge in [-0.15, -0.1) is 0 Å². The van der Waals surface area contributed by atoms with Gasteiger partial charge in [-0.2, -0.15) is 0 Å². The first-order chi connectivity index (χ1) is 6.79. The fourth-order valence-electron chi connectivity index (χ4n) is 1.79. The second-order valence-corrected chi connectivity index (χ2v) is 3.79. The van der Waals surface area contributed by atoms with Crippen molar-refractivity contribution >= 4 is 5.97 Å². The van der Waals surface area contributed by atoms with Crippen LogP contribution < -0.4 is 0 Å². The normalized spacial score (nSPS) is 19.0. The van der Waals surface area contributed by atoms with Crippen molar-refractivity contribution in [2.75, 3.05) is 0 Å². The Labute approximate surface area is 85.3 Å². The van der Waals surface area contributed by atoms with Crippen LogP contribution in [0.25, 0.3) is 0 Å². The highest BCUT2D eigenvalue weighted by Crippen LogP contribution is 2.21. The van der Waals surface area contributed by atoms with E-state index in [2.05, 4.69) is 0 Å². The SMILES string of the molecule is O=C(O)C=CC=C1CCCCCCC1. The molecule has 1 aliphatic rings. The fraction of sp³-hybridized carbons (Fsp3) is 0.583. The molecule has 14 heavy (non-hydrogen) atoms. The van der Waals surface area contributed by atoms with Crippen molar-refractivity contribution in [3.63, 3.8) is 0 Å². The molecule has 1 N–H and O–H groups in total. The average Bonchev–Trinajstić information content (AvgIpc) is 2.07. The molecule has 1 rings (SSSR count). The van der Waals surface area contributed by atoms with Crippen LogP contribution in [0.5, 0.6) is 0 Å². The number of hydrogen-bond donors (Lipinski definition) is 1. The molecule has 1 aliphatic carbocycles. The van der Waals surface area contributed by atoms with Crippen LogP contribution in [0, 0.1) is 0 Å². The summed E-state index contributed by atoms with van der Waals surface area (Å²) in [6, 6.07) is 0. The fourth-order valence-corrected chi connectivity index (χ4v) is 1.79. The van der Waals surface area contributed by atoms with E-state index in [-0.39, 0.29) is 0 Å². The van der Waals surface area contributed by atoms with Crippen molar-refractivity contribution in [1.29, 1.82) is 0 Å². The van der Waals surface area contributed by atoms with Crippen molar-refractivity contribution in [3.8, 4) is 0 Å². The standard InChI is InChI=1S/C12H18O2/c13-12(14)10-6-9-11-7-4-2-1-3-5-8-11/h6,9-10H,1-5,7-8H2,(H,13,14). The molecule has 0 aromatic rings. The Bertz CT molecular complexity index is 229. The van der Waals surface area contributed by atoms with Crippen LogP contribution in [0.4, 0.5) is 0 Å². The lowest BCUT2D eigenvalue weighted by Gasteiger charge is -2.10. The van der Waals surface area contributed by atoms with Gasteiger partial charge in [-0.1, -0.05) is 37.0 Å². The molecule has 0 atom stereocenters. The van der Waals surface area contributed by atoms with Crippen LogP contribution in [-0.2, 0) is 4.79 Å². The summed E-state index contributed by atoms with van der Waals surface area (Å²) in [7, 11) is 0. The second-order valence-electron chi connectivity index (χ2n) is 3.79. The van der Waals surface area contributed by atoms with E-state index in [9.17, 15) is 4.79 Å². The third kappa shape index (κ3) is 4.85. The number of carbonyl (C=O) groups is 1. The minimum atomic E-state index is -0.868. The Kier molecular flexibility index (Phi) is 5.05. The second kappa shape index (κ2) is 6.41. The first-order valence-corrected chi connectivity index (χ1v) is 5.38. The van der Waals surface area contributed by atoms with Gasteiger partial charge in [-0.05, 0) is 25.7 Å². The van der Waals surface area contributed by atoms with Crippen molar-refractivity contribution < 1.29 is 9.90 Å². The Morgan fingerprint density at radius 1 is 1.07 bits per heavy atom. The lowest BCUT2D eigenvalue weighted by molar-refractivity contribution is -0.131. The number of carboxylic acids is 1. The molecule has 2 nitrogen and oxygen atoms in total. The van der Waals surface area contributed by atoms with Crippen molar-refractivity contribution in [2.45, 2.75) is 44.9 Å². The summed E-state index contributed by atoms with van der Waals surface area (Å²) in [5, 5.41) is 8.43. The molecule has 1 saturated carbocycles. The van der Waals surface area contributed by atoms with Gasteiger partial charge in [0.05, 0.1) is 0 Å². The molecule has 0 saturated heterocycles. The van der Waals surface area contributed by atoms with Gasteiger partial charge in [-0.3, -0.25) is 0 Å². The van der Waals surface area contributed by atoms with E-state index in [1.165, 1.54) is 43.8 Å². The van der Waals surface area contributed by atoms with E-state index in [0.29, 0.717) is 0 Å². The van der Waals surface area contributed by atoms with Crippen LogP contribution in [-0.4, -0.2) is 11.1 Å². The highest BCUT2D eigenvalue weighted by molar-refractivity contribution is 5.80. The molecule has 1 fully saturated rings. The quantitative estimate of drug-likeness (QED) is 0.685. The van der Waals surface area contributed by atoms with Crippen LogP contribution in [0.3, 0.4) is 0 Å². The summed E-state index contributed by atoms with van der Waals surface area (Å²) in [6.07, 6.45) is 13.6. The first-order valence-electron chi connectivity index (χ1n) is 5.38. The number of carboxylic acid groups (broad SMARTS) is 1. The van der Waals surface area contributed by atoms with Gasteiger partial charge in [0.25, 0.3) is 0 Å². The highest BCUT2D eigenvalue weighted by Gasteiger charge is 2.01. The number of hydrogen-bond acceptors (Lipinski definition) is 1. The monoisotopic (exact) mass is 194 g/mol. The van der Waals surface area contributed by atoms with E-state index in [0.717, 1.165) is 12.8 Å². The van der Waals surface area contributed by atoms with E-state index in [1.807, 2.05) is 6.08 Å². The summed E-state index contributed by atoms with van der Waals surface area (Å²) in [5.41, 5.74) is 1.40. The van der Waals surface area contributed by atoms with Gasteiger partial charge in [0.15, 0.2) is 0 Å². The molecule has 78 valence electrons. The molecule has 0 aliphatic heterocycles. The topological polar surface area (TPSA) is 37.3 Å². The van der Waals surface area contributed by atoms with Crippen molar-refractivity contribution in [3.05, 3.63) is 23.8 Å². The van der Waals surface area contributed by atoms with Crippen LogP contribution in [0.1, 0.15) is 44.9 Å². The zero-order valence-electron chi connectivity index (χ0n) is 8.54. The summed E-state index contributed by atoms with van der Waals surface area (Å²) < 4.78 is 0. The lowest BCUT2D eigenvalue weighted by Crippen LogP contribution is -1.91. The largest absolute Gasteiger partial charge is 0.478 e. The third-order valence-electron chi connectivity index (χ3n) is 2.57. The zero-order chi connectivity index (χ0) is 10.2. The van der Waals surface area contributed by atoms with Gasteiger partial charge in [0.1, 0.15) is 0 Å². The molecule has 0 aromatic heterocycles. The molecule has 0 amide bonds. The summed E-state index contributed by atoms with van der Waals surface area (Å²) >= 11 is 0. The minimum Gasteiger partial charge on any atom is -0.478 e. The summed E-state index contributed by atoms with van der Waals surface area (Å²) in [4.78, 5) is 10.2. The number of aliphatic carboxylic acids is 1. The third-order valence-corrected chi connectivity index (χ3v) is 2.57. The van der Waals surface area contributed by atoms with Crippen LogP contribution in [0.2, 0.25) is 0 Å². The van der Waals surface area contributed by atoms with Crippen molar-refractivity contribution in [1.82, 2.24) is 0 Å². The lowest BCUT2D eigenvalue weighted by atomic mass is 9.96. The van der Waals surface area contributed by atoms with Gasteiger partial charge in [-0.25, -0.2) is 4.79 Å². The van der Waals surface area contributed by atoms with E-state index < -0.39 is 5.97 Å². The summed E-state index contributed by atoms with van der Waals surface area (Å²) in [5.74, 6) is -0.868. The Morgan fingerprint density at radius 3 is 2.21 bits per heavy atom. The highest BCUT2D eigenvalue weighted by atomic mass is 16.4. The number of rotatable bonds is 2. The van der Waals surface area contributed by atoms with Gasteiger partial charge >= 0.3 is 5.97 Å². The van der Waals surface area contributed by atoms with Gasteiger partial charge in [0, 0.05) is 6.08 Å². The number of allylic oxidation sites excluding steroid dienone is 3. The molecule has 0 unspecified atom stereocenters. The molecule has 0 spiro atoms. The van der Waals surface area contributed by atoms with Crippen molar-refractivity contribution in [2.24, 2.45) is 0 Å². The maximum absolute atomic E-state index is 10.2. The maximum atomic E-state index is 10.2. The molecule has 2 heteroatoms. The van der Waals surface area contributed by atoms with Gasteiger partial charge in [0.2, 0.25) is 0 Å². The van der Waals surface area contributed by atoms with Crippen LogP contribution in [0.15, 0.2) is 23.8 Å². The molecule has 0 bridgehead atoms. The molecular weight excluding hydrogens is 176 g/mol. The van der Waals surface area contributed by atoms with E-state index in [4.69, 9.17) is 5.11 Å². The minimum absolute atomic E-state index is 0.868. The Morgan fingerprint density at radius 2 is 1.64 bits per heavy atom. The first kappa shape index (κ1) is 11.0.